The predicted octanol–water partition coefficient (Wildman–Crippen LogP) is 3.29. The van der Waals surface area contributed by atoms with Crippen LogP contribution < -0.4 is 20.3 Å². The van der Waals surface area contributed by atoms with Gasteiger partial charge in [0.2, 0.25) is 0 Å². The summed E-state index contributed by atoms with van der Waals surface area (Å²) in [5, 5.41) is 6.14. The average molecular weight is 419 g/mol. The van der Waals surface area contributed by atoms with Crippen molar-refractivity contribution in [3.05, 3.63) is 60.6 Å². The number of hydrogen-bond acceptors (Lipinski definition) is 7. The Morgan fingerprint density at radius 2 is 1.71 bits per heavy atom. The molecule has 0 bridgehead atoms. The Morgan fingerprint density at radius 1 is 0.968 bits per heavy atom. The van der Waals surface area contributed by atoms with Crippen molar-refractivity contribution in [1.29, 1.82) is 0 Å². The summed E-state index contributed by atoms with van der Waals surface area (Å²) in [5.74, 6) is 3.00. The van der Waals surface area contributed by atoms with E-state index in [1.165, 1.54) is 6.33 Å². The van der Waals surface area contributed by atoms with Crippen molar-refractivity contribution in [2.75, 3.05) is 48.8 Å². The third kappa shape index (κ3) is 5.19. The molecule has 0 radical (unpaired) electrons. The molecular weight excluding hydrogens is 394 g/mol. The lowest BCUT2D eigenvalue weighted by atomic mass is 10.3. The Kier molecular flexibility index (Phi) is 6.11. The molecule has 4 rings (SSSR count). The molecule has 0 aliphatic carbocycles. The second-order valence-electron chi connectivity index (χ2n) is 7.24. The highest BCUT2D eigenvalue weighted by molar-refractivity contribution is 5.89. The van der Waals surface area contributed by atoms with E-state index in [9.17, 15) is 4.79 Å². The fraction of sp³-hybridized carbons (Fsp3) is 0.273. The zero-order chi connectivity index (χ0) is 21.6. The second kappa shape index (κ2) is 9.29. The maximum absolute atomic E-state index is 12.6. The predicted molar refractivity (Wildman–Crippen MR) is 120 cm³/mol. The molecule has 3 heterocycles. The molecule has 0 spiro atoms. The molecule has 1 saturated heterocycles. The van der Waals surface area contributed by atoms with Crippen LogP contribution >= 0.6 is 0 Å². The number of hydrogen-bond donors (Lipinski definition) is 2. The van der Waals surface area contributed by atoms with Crippen molar-refractivity contribution in [3.8, 4) is 5.75 Å². The molecule has 1 aliphatic rings. The van der Waals surface area contributed by atoms with Crippen LogP contribution in [0.3, 0.4) is 0 Å². The van der Waals surface area contributed by atoms with Gasteiger partial charge in [0.15, 0.2) is 0 Å². The number of amides is 2. The summed E-state index contributed by atoms with van der Waals surface area (Å²) in [5.41, 5.74) is 1.86. The van der Waals surface area contributed by atoms with E-state index in [4.69, 9.17) is 4.74 Å². The molecule has 1 fully saturated rings. The van der Waals surface area contributed by atoms with Crippen LogP contribution in [0, 0.1) is 6.92 Å². The van der Waals surface area contributed by atoms with Gasteiger partial charge in [-0.05, 0) is 48.9 Å². The normalized spacial score (nSPS) is 13.6. The van der Waals surface area contributed by atoms with Gasteiger partial charge in [-0.15, -0.1) is 0 Å². The Balaban J connectivity index is 1.33. The standard InChI is InChI=1S/C22H25N7O2/c1-16-7-8-23-19(13-16)27-20-14-21(25-15-24-20)28-9-11-29(12-10-28)22(30)26-17-3-5-18(31-2)6-4-17/h3-8,13-15H,9-12H2,1-2H3,(H,26,30)(H,23,24,25,27). The first-order chi connectivity index (χ1) is 15.1. The number of urea groups is 1. The van der Waals surface area contributed by atoms with Crippen LogP contribution in [-0.2, 0) is 0 Å². The number of carbonyl (C=O) groups excluding carboxylic acids is 1. The number of ether oxygens (including phenoxy) is 1. The molecule has 9 nitrogen and oxygen atoms in total. The van der Waals surface area contributed by atoms with E-state index in [2.05, 4.69) is 30.5 Å². The number of piperazine rings is 1. The van der Waals surface area contributed by atoms with Crippen molar-refractivity contribution < 1.29 is 9.53 Å². The molecule has 1 aromatic carbocycles. The molecule has 160 valence electrons. The molecule has 3 aromatic rings. The van der Waals surface area contributed by atoms with E-state index >= 15 is 0 Å². The highest BCUT2D eigenvalue weighted by Crippen LogP contribution is 2.20. The molecule has 9 heteroatoms. The van der Waals surface area contributed by atoms with Crippen LogP contribution in [-0.4, -0.2) is 59.2 Å². The van der Waals surface area contributed by atoms with Gasteiger partial charge in [0, 0.05) is 44.1 Å². The lowest BCUT2D eigenvalue weighted by Gasteiger charge is -2.35. The minimum absolute atomic E-state index is 0.111. The summed E-state index contributed by atoms with van der Waals surface area (Å²) in [6, 6.07) is 13.0. The Morgan fingerprint density at radius 3 is 2.42 bits per heavy atom. The van der Waals surface area contributed by atoms with Gasteiger partial charge >= 0.3 is 6.03 Å². The van der Waals surface area contributed by atoms with E-state index in [0.717, 1.165) is 28.6 Å². The van der Waals surface area contributed by atoms with E-state index in [-0.39, 0.29) is 6.03 Å². The maximum atomic E-state index is 12.6. The van der Waals surface area contributed by atoms with E-state index < -0.39 is 0 Å². The first kappa shape index (κ1) is 20.4. The highest BCUT2D eigenvalue weighted by Gasteiger charge is 2.22. The monoisotopic (exact) mass is 419 g/mol. The highest BCUT2D eigenvalue weighted by atomic mass is 16.5. The molecular formula is C22H25N7O2. The van der Waals surface area contributed by atoms with Crippen LogP contribution in [0.25, 0.3) is 0 Å². The van der Waals surface area contributed by atoms with Gasteiger partial charge in [0.05, 0.1) is 7.11 Å². The molecule has 31 heavy (non-hydrogen) atoms. The molecule has 1 aliphatic heterocycles. The van der Waals surface area contributed by atoms with Crippen molar-refractivity contribution >= 4 is 29.2 Å². The summed E-state index contributed by atoms with van der Waals surface area (Å²) in [6.45, 7) is 4.61. The Bertz CT molecular complexity index is 1030. The first-order valence-electron chi connectivity index (χ1n) is 10.1. The quantitative estimate of drug-likeness (QED) is 0.655. The van der Waals surface area contributed by atoms with Crippen molar-refractivity contribution in [3.63, 3.8) is 0 Å². The average Bonchev–Trinajstić information content (AvgIpc) is 2.80. The van der Waals surface area contributed by atoms with Gasteiger partial charge in [-0.1, -0.05) is 0 Å². The molecule has 2 aromatic heterocycles. The minimum Gasteiger partial charge on any atom is -0.497 e. The molecule has 0 unspecified atom stereocenters. The smallest absolute Gasteiger partial charge is 0.321 e. The minimum atomic E-state index is -0.111. The Labute approximate surface area is 181 Å². The Hall–Kier alpha value is -3.88. The number of methoxy groups -OCH3 is 1. The fourth-order valence-electron chi connectivity index (χ4n) is 3.34. The van der Waals surface area contributed by atoms with Crippen LogP contribution in [0.5, 0.6) is 5.75 Å². The number of carbonyl (C=O) groups is 1. The lowest BCUT2D eigenvalue weighted by Crippen LogP contribution is -2.50. The SMILES string of the molecule is COc1ccc(NC(=O)N2CCN(c3cc(Nc4cc(C)ccn4)ncn3)CC2)cc1. The summed E-state index contributed by atoms with van der Waals surface area (Å²) in [4.78, 5) is 29.5. The van der Waals surface area contributed by atoms with Gasteiger partial charge < -0.3 is 25.2 Å². The number of nitrogens with zero attached hydrogens (tertiary/aromatic N) is 5. The van der Waals surface area contributed by atoms with E-state index in [1.807, 2.05) is 49.4 Å². The van der Waals surface area contributed by atoms with Crippen molar-refractivity contribution in [2.24, 2.45) is 0 Å². The van der Waals surface area contributed by atoms with Crippen LogP contribution in [0.1, 0.15) is 5.56 Å². The number of rotatable bonds is 5. The van der Waals surface area contributed by atoms with E-state index in [1.54, 1.807) is 18.2 Å². The summed E-state index contributed by atoms with van der Waals surface area (Å²) < 4.78 is 5.14. The number of anilines is 4. The number of pyridine rings is 1. The fourth-order valence-corrected chi connectivity index (χ4v) is 3.34. The van der Waals surface area contributed by atoms with Crippen LogP contribution in [0.15, 0.2) is 55.0 Å². The van der Waals surface area contributed by atoms with Crippen molar-refractivity contribution in [2.45, 2.75) is 6.92 Å². The van der Waals surface area contributed by atoms with Gasteiger partial charge in [0.1, 0.15) is 29.5 Å². The van der Waals surface area contributed by atoms with Crippen molar-refractivity contribution in [1.82, 2.24) is 19.9 Å². The maximum Gasteiger partial charge on any atom is 0.321 e. The van der Waals surface area contributed by atoms with Gasteiger partial charge in [-0.3, -0.25) is 0 Å². The van der Waals surface area contributed by atoms with E-state index in [0.29, 0.717) is 32.0 Å². The van der Waals surface area contributed by atoms with Gasteiger partial charge in [-0.2, -0.15) is 0 Å². The summed E-state index contributed by atoms with van der Waals surface area (Å²) >= 11 is 0. The molecule has 2 N–H and O–H groups in total. The summed E-state index contributed by atoms with van der Waals surface area (Å²) in [6.07, 6.45) is 3.30. The zero-order valence-electron chi connectivity index (χ0n) is 17.6. The third-order valence-electron chi connectivity index (χ3n) is 5.06. The topological polar surface area (TPSA) is 95.5 Å². The van der Waals surface area contributed by atoms with Crippen LogP contribution in [0.2, 0.25) is 0 Å². The van der Waals surface area contributed by atoms with Crippen LogP contribution in [0.4, 0.5) is 27.9 Å². The second-order valence-corrected chi connectivity index (χ2v) is 7.24. The first-order valence-corrected chi connectivity index (χ1v) is 10.1. The lowest BCUT2D eigenvalue weighted by molar-refractivity contribution is 0.208. The largest absolute Gasteiger partial charge is 0.497 e. The molecule has 2 amide bonds. The molecule has 0 atom stereocenters. The molecule has 0 saturated carbocycles. The van der Waals surface area contributed by atoms with Gasteiger partial charge in [0.25, 0.3) is 0 Å². The number of nitrogens with one attached hydrogen (secondary N) is 2. The number of aromatic nitrogens is 3. The number of benzene rings is 1. The summed E-state index contributed by atoms with van der Waals surface area (Å²) in [7, 11) is 1.61. The zero-order valence-corrected chi connectivity index (χ0v) is 17.6. The number of aryl methyl sites for hydroxylation is 1. The van der Waals surface area contributed by atoms with Gasteiger partial charge in [-0.25, -0.2) is 19.7 Å². The third-order valence-corrected chi connectivity index (χ3v) is 5.06.